The number of carbonyl (C=O) groups is 1. The molecule has 0 spiro atoms. The minimum Gasteiger partial charge on any atom is -0.356 e. The summed E-state index contributed by atoms with van der Waals surface area (Å²) in [5, 5.41) is 3.01. The second kappa shape index (κ2) is 8.35. The van der Waals surface area contributed by atoms with Crippen LogP contribution in [0.2, 0.25) is 0 Å². The summed E-state index contributed by atoms with van der Waals surface area (Å²) in [5.74, 6) is 0.289. The number of hydrogen-bond acceptors (Lipinski definition) is 2. The second-order valence-electron chi connectivity index (χ2n) is 7.43. The Morgan fingerprint density at radius 3 is 2.41 bits per heavy atom. The molecule has 2 heterocycles. The molecule has 0 saturated carbocycles. The Balaban J connectivity index is 1.40. The molecule has 0 radical (unpaired) electrons. The Morgan fingerprint density at radius 2 is 1.62 bits per heavy atom. The molecule has 2 aromatic heterocycles. The van der Waals surface area contributed by atoms with Crippen molar-refractivity contribution < 1.29 is 4.79 Å². The maximum atomic E-state index is 12.9. The first-order valence-corrected chi connectivity index (χ1v) is 10.1. The lowest BCUT2D eigenvalue weighted by Gasteiger charge is -2.14. The van der Waals surface area contributed by atoms with Gasteiger partial charge >= 0.3 is 0 Å². The Morgan fingerprint density at radius 1 is 0.931 bits per heavy atom. The molecule has 148 valence electrons. The van der Waals surface area contributed by atoms with Gasteiger partial charge in [0.2, 0.25) is 5.91 Å². The van der Waals surface area contributed by atoms with Gasteiger partial charge in [0.1, 0.15) is 5.52 Å². The molecule has 4 aromatic rings. The van der Waals surface area contributed by atoms with Crippen LogP contribution in [-0.4, -0.2) is 21.4 Å². The van der Waals surface area contributed by atoms with E-state index in [-0.39, 0.29) is 17.4 Å². The van der Waals surface area contributed by atoms with Crippen LogP contribution in [0.5, 0.6) is 0 Å². The first-order valence-electron chi connectivity index (χ1n) is 10.1. The topological polar surface area (TPSA) is 55.5 Å². The monoisotopic (exact) mass is 387 g/mol. The maximum absolute atomic E-state index is 12.9. The van der Waals surface area contributed by atoms with Crippen molar-refractivity contribution in [2.24, 2.45) is 0 Å². The molecule has 0 aliphatic heterocycles. The summed E-state index contributed by atoms with van der Waals surface area (Å²) in [5.41, 5.74) is 3.73. The van der Waals surface area contributed by atoms with Crippen molar-refractivity contribution in [3.8, 4) is 0 Å². The number of carbonyl (C=O) groups excluding carboxylic acids is 1. The molecule has 0 unspecified atom stereocenters. The van der Waals surface area contributed by atoms with Crippen LogP contribution in [-0.2, 0) is 11.3 Å². The van der Waals surface area contributed by atoms with Gasteiger partial charge in [-0.25, -0.2) is 0 Å². The molecule has 4 rings (SSSR count). The fourth-order valence-electron chi connectivity index (χ4n) is 3.78. The van der Waals surface area contributed by atoms with Gasteiger partial charge in [-0.2, -0.15) is 0 Å². The number of para-hydroxylation sites is 2. The lowest BCUT2D eigenvalue weighted by molar-refractivity contribution is -0.121. The summed E-state index contributed by atoms with van der Waals surface area (Å²) in [6, 6.07) is 21.8. The number of rotatable bonds is 7. The number of fused-ring (bicyclic) bond motifs is 3. The normalized spacial score (nSPS) is 12.3. The van der Waals surface area contributed by atoms with E-state index in [9.17, 15) is 9.59 Å². The smallest absolute Gasteiger partial charge is 0.275 e. The van der Waals surface area contributed by atoms with Gasteiger partial charge in [-0.05, 0) is 42.2 Å². The summed E-state index contributed by atoms with van der Waals surface area (Å²) in [6.45, 7) is 3.23. The van der Waals surface area contributed by atoms with Crippen LogP contribution in [0, 0.1) is 0 Å². The Hall–Kier alpha value is -3.34. The molecule has 1 N–H and O–H groups in total. The highest BCUT2D eigenvalue weighted by Gasteiger charge is 2.11. The number of aromatic nitrogens is 2. The van der Waals surface area contributed by atoms with Gasteiger partial charge in [0, 0.05) is 25.7 Å². The molecular weight excluding hydrogens is 362 g/mol. The third-order valence-corrected chi connectivity index (χ3v) is 5.40. The number of amides is 1. The number of hydrogen-bond donors (Lipinski definition) is 1. The number of aryl methyl sites for hydroxylation is 1. The van der Waals surface area contributed by atoms with Gasteiger partial charge in [0.25, 0.3) is 5.56 Å². The molecule has 0 aliphatic rings. The fourth-order valence-corrected chi connectivity index (χ4v) is 3.78. The van der Waals surface area contributed by atoms with Crippen molar-refractivity contribution in [2.75, 3.05) is 6.54 Å². The zero-order valence-electron chi connectivity index (χ0n) is 16.5. The molecular formula is C24H25N3O2. The van der Waals surface area contributed by atoms with E-state index in [1.165, 1.54) is 5.56 Å². The minimum absolute atomic E-state index is 0.0215. The third-order valence-electron chi connectivity index (χ3n) is 5.40. The molecule has 5 nitrogen and oxygen atoms in total. The maximum Gasteiger partial charge on any atom is 0.275 e. The fraction of sp³-hybridized carbons (Fsp3) is 0.250. The van der Waals surface area contributed by atoms with Gasteiger partial charge < -0.3 is 14.3 Å². The van der Waals surface area contributed by atoms with Crippen LogP contribution >= 0.6 is 0 Å². The Bertz CT molecular complexity index is 1190. The molecule has 0 bridgehead atoms. The zero-order chi connectivity index (χ0) is 20.2. The van der Waals surface area contributed by atoms with E-state index in [4.69, 9.17) is 0 Å². The second-order valence-corrected chi connectivity index (χ2v) is 7.43. The number of nitrogens with zero attached hydrogens (tertiary/aromatic N) is 2. The van der Waals surface area contributed by atoms with Crippen molar-refractivity contribution >= 4 is 22.5 Å². The zero-order valence-corrected chi connectivity index (χ0v) is 16.5. The van der Waals surface area contributed by atoms with Gasteiger partial charge in [-0.1, -0.05) is 49.4 Å². The third kappa shape index (κ3) is 3.94. The van der Waals surface area contributed by atoms with Crippen molar-refractivity contribution in [3.63, 3.8) is 0 Å². The molecule has 1 atom stereocenters. The van der Waals surface area contributed by atoms with E-state index in [2.05, 4.69) is 24.4 Å². The first kappa shape index (κ1) is 19.0. The predicted molar refractivity (Wildman–Crippen MR) is 116 cm³/mol. The summed E-state index contributed by atoms with van der Waals surface area (Å²) in [4.78, 5) is 25.2. The lowest BCUT2D eigenvalue weighted by atomic mass is 10.0. The van der Waals surface area contributed by atoms with E-state index in [0.717, 1.165) is 11.0 Å². The summed E-state index contributed by atoms with van der Waals surface area (Å²) >= 11 is 0. The van der Waals surface area contributed by atoms with E-state index in [1.54, 1.807) is 4.57 Å². The highest BCUT2D eigenvalue weighted by Crippen LogP contribution is 2.16. The summed E-state index contributed by atoms with van der Waals surface area (Å²) in [7, 11) is 0. The minimum atomic E-state index is -0.0215. The van der Waals surface area contributed by atoms with Crippen LogP contribution < -0.4 is 10.9 Å². The van der Waals surface area contributed by atoms with Crippen molar-refractivity contribution in [2.45, 2.75) is 32.2 Å². The van der Waals surface area contributed by atoms with Gasteiger partial charge in [-0.3, -0.25) is 9.59 Å². The SMILES string of the molecule is C[C@H](CNC(=O)CCCn1c(=O)c2cccn2c2ccccc21)c1ccccc1. The molecule has 2 aromatic carbocycles. The first-order chi connectivity index (χ1) is 14.1. The van der Waals surface area contributed by atoms with E-state index < -0.39 is 0 Å². The largest absolute Gasteiger partial charge is 0.356 e. The molecule has 0 aliphatic carbocycles. The summed E-state index contributed by atoms with van der Waals surface area (Å²) < 4.78 is 3.70. The van der Waals surface area contributed by atoms with E-state index >= 15 is 0 Å². The number of benzene rings is 2. The van der Waals surface area contributed by atoms with Crippen LogP contribution in [0.3, 0.4) is 0 Å². The number of nitrogens with one attached hydrogen (secondary N) is 1. The van der Waals surface area contributed by atoms with Crippen molar-refractivity contribution in [1.82, 2.24) is 14.3 Å². The van der Waals surface area contributed by atoms with Crippen LogP contribution in [0.25, 0.3) is 16.6 Å². The van der Waals surface area contributed by atoms with Crippen molar-refractivity contribution in [1.29, 1.82) is 0 Å². The highest BCUT2D eigenvalue weighted by molar-refractivity contribution is 5.79. The Labute approximate surface area is 169 Å². The standard InChI is InChI=1S/C24H25N3O2/c1-18(19-9-3-2-4-10-19)17-25-23(28)14-8-16-27-21-12-6-5-11-20(21)26-15-7-13-22(26)24(27)29/h2-7,9-13,15,18H,8,14,16-17H2,1H3,(H,25,28)/t18-/m1/s1. The van der Waals surface area contributed by atoms with Crippen molar-refractivity contribution in [3.05, 3.63) is 88.8 Å². The lowest BCUT2D eigenvalue weighted by Crippen LogP contribution is -2.28. The molecule has 29 heavy (non-hydrogen) atoms. The van der Waals surface area contributed by atoms with Crippen LogP contribution in [0.1, 0.15) is 31.2 Å². The van der Waals surface area contributed by atoms with E-state index in [0.29, 0.717) is 31.4 Å². The predicted octanol–water partition coefficient (Wildman–Crippen LogP) is 3.95. The molecule has 1 amide bonds. The summed E-state index contributed by atoms with van der Waals surface area (Å²) in [6.07, 6.45) is 2.92. The molecule has 0 saturated heterocycles. The van der Waals surface area contributed by atoms with Gasteiger partial charge in [-0.15, -0.1) is 0 Å². The quantitative estimate of drug-likeness (QED) is 0.522. The molecule has 5 heteroatoms. The van der Waals surface area contributed by atoms with Crippen LogP contribution in [0.15, 0.2) is 77.7 Å². The van der Waals surface area contributed by atoms with E-state index in [1.807, 2.05) is 65.2 Å². The average Bonchev–Trinajstić information content (AvgIpc) is 3.25. The van der Waals surface area contributed by atoms with Crippen LogP contribution in [0.4, 0.5) is 0 Å². The van der Waals surface area contributed by atoms with Gasteiger partial charge in [0.05, 0.1) is 11.0 Å². The molecule has 0 fully saturated rings. The average molecular weight is 387 g/mol. The Kier molecular flexibility index (Phi) is 5.47. The highest BCUT2D eigenvalue weighted by atomic mass is 16.1. The van der Waals surface area contributed by atoms with Gasteiger partial charge in [0.15, 0.2) is 0 Å².